The molecule has 0 aliphatic carbocycles. The highest BCUT2D eigenvalue weighted by atomic mass is 15.2. The molecule has 1 aromatic rings. The zero-order valence-corrected chi connectivity index (χ0v) is 11.7. The first kappa shape index (κ1) is 13.6. The minimum atomic E-state index is 0.548. The van der Waals surface area contributed by atoms with E-state index < -0.39 is 0 Å². The summed E-state index contributed by atoms with van der Waals surface area (Å²) in [7, 11) is 0. The van der Waals surface area contributed by atoms with Crippen molar-refractivity contribution in [3.05, 3.63) is 35.4 Å². The van der Waals surface area contributed by atoms with Crippen molar-refractivity contribution in [2.45, 2.75) is 51.6 Å². The predicted octanol–water partition coefficient (Wildman–Crippen LogP) is 3.12. The Bertz CT molecular complexity index is 358. The van der Waals surface area contributed by atoms with Gasteiger partial charge in [0.25, 0.3) is 0 Å². The fourth-order valence-corrected chi connectivity index (χ4v) is 3.16. The molecule has 0 bridgehead atoms. The van der Waals surface area contributed by atoms with Gasteiger partial charge in [-0.1, -0.05) is 38.1 Å². The Balaban J connectivity index is 2.16. The molecule has 100 valence electrons. The van der Waals surface area contributed by atoms with Gasteiger partial charge < -0.3 is 5.73 Å². The first-order chi connectivity index (χ1) is 8.80. The molecule has 0 radical (unpaired) electrons. The van der Waals surface area contributed by atoms with Crippen LogP contribution >= 0.6 is 0 Å². The zero-order valence-electron chi connectivity index (χ0n) is 11.7. The molecule has 0 aromatic heterocycles. The maximum atomic E-state index is 5.90. The van der Waals surface area contributed by atoms with E-state index in [1.54, 1.807) is 0 Å². The summed E-state index contributed by atoms with van der Waals surface area (Å²) < 4.78 is 0. The summed E-state index contributed by atoms with van der Waals surface area (Å²) in [5, 5.41) is 0. The van der Waals surface area contributed by atoms with E-state index >= 15 is 0 Å². The number of likely N-dealkylation sites (tertiary alicyclic amines) is 1. The number of hydrogen-bond donors (Lipinski definition) is 1. The normalized spacial score (nSPS) is 22.3. The Morgan fingerprint density at radius 2 is 2.00 bits per heavy atom. The number of aryl methyl sites for hydroxylation is 1. The Kier molecular flexibility index (Phi) is 4.79. The fraction of sp³-hybridized carbons (Fsp3) is 0.625. The van der Waals surface area contributed by atoms with Gasteiger partial charge in [-0.25, -0.2) is 0 Å². The molecule has 1 saturated heterocycles. The van der Waals surface area contributed by atoms with Crippen LogP contribution in [0, 0.1) is 0 Å². The van der Waals surface area contributed by atoms with Gasteiger partial charge in [0.2, 0.25) is 0 Å². The van der Waals surface area contributed by atoms with Crippen LogP contribution in [0.25, 0.3) is 0 Å². The lowest BCUT2D eigenvalue weighted by atomic mass is 10.00. The summed E-state index contributed by atoms with van der Waals surface area (Å²) in [6, 6.07) is 10.3. The quantitative estimate of drug-likeness (QED) is 0.865. The van der Waals surface area contributed by atoms with Gasteiger partial charge in [0.05, 0.1) is 0 Å². The minimum absolute atomic E-state index is 0.548. The summed E-state index contributed by atoms with van der Waals surface area (Å²) in [5.74, 6) is 0. The van der Waals surface area contributed by atoms with E-state index in [0.717, 1.165) is 13.0 Å². The molecule has 2 unspecified atom stereocenters. The van der Waals surface area contributed by atoms with Gasteiger partial charge in [0, 0.05) is 18.6 Å². The van der Waals surface area contributed by atoms with Crippen molar-refractivity contribution < 1.29 is 0 Å². The number of nitrogens with two attached hydrogens (primary N) is 1. The number of nitrogens with zero attached hydrogens (tertiary/aromatic N) is 1. The molecular weight excluding hydrogens is 220 g/mol. The topological polar surface area (TPSA) is 29.3 Å². The van der Waals surface area contributed by atoms with Crippen LogP contribution in [0.5, 0.6) is 0 Å². The molecule has 18 heavy (non-hydrogen) atoms. The third-order valence-electron chi connectivity index (χ3n) is 4.25. The van der Waals surface area contributed by atoms with Crippen molar-refractivity contribution >= 4 is 0 Å². The van der Waals surface area contributed by atoms with Gasteiger partial charge in [-0.15, -0.1) is 0 Å². The lowest BCUT2D eigenvalue weighted by molar-refractivity contribution is 0.179. The van der Waals surface area contributed by atoms with Crippen molar-refractivity contribution in [3.63, 3.8) is 0 Å². The highest BCUT2D eigenvalue weighted by Gasteiger charge is 2.29. The van der Waals surface area contributed by atoms with E-state index in [4.69, 9.17) is 5.73 Å². The summed E-state index contributed by atoms with van der Waals surface area (Å²) >= 11 is 0. The average Bonchev–Trinajstić information content (AvgIpc) is 2.89. The molecule has 1 aliphatic rings. The molecule has 1 fully saturated rings. The molecule has 2 nitrogen and oxygen atoms in total. The summed E-state index contributed by atoms with van der Waals surface area (Å²) in [6.07, 6.45) is 4.85. The standard InChI is InChI=1S/C16H26N2/c1-3-13-7-9-14(10-8-13)16(4-2)18-11-5-6-15(18)12-17/h7-10,15-16H,3-6,11-12,17H2,1-2H3. The van der Waals surface area contributed by atoms with Crippen molar-refractivity contribution in [1.82, 2.24) is 4.90 Å². The molecule has 2 N–H and O–H groups in total. The molecule has 1 aromatic carbocycles. The first-order valence-electron chi connectivity index (χ1n) is 7.34. The third kappa shape index (κ3) is 2.76. The Labute approximate surface area is 111 Å². The SMILES string of the molecule is CCc1ccc(C(CC)N2CCCC2CN)cc1. The highest BCUT2D eigenvalue weighted by Crippen LogP contribution is 2.31. The summed E-state index contributed by atoms with van der Waals surface area (Å²) in [6.45, 7) is 6.49. The van der Waals surface area contributed by atoms with Crippen LogP contribution in [0.4, 0.5) is 0 Å². The number of benzene rings is 1. The Morgan fingerprint density at radius 3 is 2.56 bits per heavy atom. The molecule has 1 aliphatic heterocycles. The number of rotatable bonds is 5. The molecule has 2 atom stereocenters. The maximum absolute atomic E-state index is 5.90. The van der Waals surface area contributed by atoms with E-state index in [0.29, 0.717) is 12.1 Å². The van der Waals surface area contributed by atoms with E-state index in [9.17, 15) is 0 Å². The molecule has 2 rings (SSSR count). The minimum Gasteiger partial charge on any atom is -0.329 e. The van der Waals surface area contributed by atoms with Gasteiger partial charge in [0.15, 0.2) is 0 Å². The van der Waals surface area contributed by atoms with Crippen molar-refractivity contribution in [2.75, 3.05) is 13.1 Å². The van der Waals surface area contributed by atoms with Gasteiger partial charge in [-0.05, 0) is 43.4 Å². The van der Waals surface area contributed by atoms with Crippen molar-refractivity contribution in [2.24, 2.45) is 5.73 Å². The predicted molar refractivity (Wildman–Crippen MR) is 77.6 cm³/mol. The van der Waals surface area contributed by atoms with Gasteiger partial charge in [-0.3, -0.25) is 4.90 Å². The second-order valence-corrected chi connectivity index (χ2v) is 5.29. The second kappa shape index (κ2) is 6.35. The lowest BCUT2D eigenvalue weighted by Gasteiger charge is -2.32. The van der Waals surface area contributed by atoms with E-state index in [1.807, 2.05) is 0 Å². The molecule has 1 heterocycles. The lowest BCUT2D eigenvalue weighted by Crippen LogP contribution is -2.38. The van der Waals surface area contributed by atoms with Gasteiger partial charge in [0.1, 0.15) is 0 Å². The van der Waals surface area contributed by atoms with Crippen molar-refractivity contribution in [3.8, 4) is 0 Å². The molecule has 0 amide bonds. The zero-order chi connectivity index (χ0) is 13.0. The van der Waals surface area contributed by atoms with Gasteiger partial charge >= 0.3 is 0 Å². The third-order valence-corrected chi connectivity index (χ3v) is 4.25. The highest BCUT2D eigenvalue weighted by molar-refractivity contribution is 5.25. The second-order valence-electron chi connectivity index (χ2n) is 5.29. The fourth-order valence-electron chi connectivity index (χ4n) is 3.16. The van der Waals surface area contributed by atoms with E-state index in [2.05, 4.69) is 43.0 Å². The largest absolute Gasteiger partial charge is 0.329 e. The molecular formula is C16H26N2. The monoisotopic (exact) mass is 246 g/mol. The van der Waals surface area contributed by atoms with Crippen LogP contribution < -0.4 is 5.73 Å². The van der Waals surface area contributed by atoms with Crippen LogP contribution in [0.1, 0.15) is 50.3 Å². The summed E-state index contributed by atoms with van der Waals surface area (Å²) in [5.41, 5.74) is 8.77. The van der Waals surface area contributed by atoms with Crippen LogP contribution in [0.2, 0.25) is 0 Å². The Morgan fingerprint density at radius 1 is 1.28 bits per heavy atom. The van der Waals surface area contributed by atoms with Crippen molar-refractivity contribution in [1.29, 1.82) is 0 Å². The maximum Gasteiger partial charge on any atom is 0.0348 e. The van der Waals surface area contributed by atoms with E-state index in [1.165, 1.54) is 36.9 Å². The summed E-state index contributed by atoms with van der Waals surface area (Å²) in [4.78, 5) is 2.61. The molecule has 0 saturated carbocycles. The first-order valence-corrected chi connectivity index (χ1v) is 7.34. The molecule has 0 spiro atoms. The van der Waals surface area contributed by atoms with Crippen LogP contribution in [0.3, 0.4) is 0 Å². The van der Waals surface area contributed by atoms with Crippen LogP contribution in [-0.2, 0) is 6.42 Å². The van der Waals surface area contributed by atoms with E-state index in [-0.39, 0.29) is 0 Å². The smallest absolute Gasteiger partial charge is 0.0348 e. The van der Waals surface area contributed by atoms with Gasteiger partial charge in [-0.2, -0.15) is 0 Å². The average molecular weight is 246 g/mol. The Hall–Kier alpha value is -0.860. The van der Waals surface area contributed by atoms with Crippen LogP contribution in [-0.4, -0.2) is 24.0 Å². The number of hydrogen-bond acceptors (Lipinski definition) is 2. The van der Waals surface area contributed by atoms with Crippen LogP contribution in [0.15, 0.2) is 24.3 Å². The molecule has 2 heteroatoms.